The lowest BCUT2D eigenvalue weighted by Gasteiger charge is -2.51. The van der Waals surface area contributed by atoms with Crippen molar-refractivity contribution in [3.8, 4) is 5.88 Å². The Morgan fingerprint density at radius 3 is 2.04 bits per heavy atom. The van der Waals surface area contributed by atoms with Gasteiger partial charge in [-0.05, 0) is 23.8 Å². The van der Waals surface area contributed by atoms with Crippen LogP contribution in [0.15, 0.2) is 109 Å². The van der Waals surface area contributed by atoms with Crippen molar-refractivity contribution in [3.05, 3.63) is 126 Å². The average Bonchev–Trinajstić information content (AvgIpc) is 3.11. The minimum Gasteiger partial charge on any atom is -0.542 e. The van der Waals surface area contributed by atoms with Crippen molar-refractivity contribution in [1.29, 1.82) is 0 Å². The van der Waals surface area contributed by atoms with Crippen LogP contribution in [0.4, 0.5) is 18.9 Å². The van der Waals surface area contributed by atoms with Crippen LogP contribution in [0.1, 0.15) is 40.4 Å². The fraction of sp³-hybridized carbons (Fsp3) is 0.297. The number of benzene rings is 3. The summed E-state index contributed by atoms with van der Waals surface area (Å²) in [6, 6.07) is 31.9. The lowest BCUT2D eigenvalue weighted by molar-refractivity contribution is -0.938. The third-order valence-corrected chi connectivity index (χ3v) is 8.76. The smallest absolute Gasteiger partial charge is 0.430 e. The van der Waals surface area contributed by atoms with E-state index in [4.69, 9.17) is 19.4 Å². The van der Waals surface area contributed by atoms with E-state index in [-0.39, 0.29) is 17.9 Å². The lowest BCUT2D eigenvalue weighted by Crippen LogP contribution is -2.65. The van der Waals surface area contributed by atoms with Crippen LogP contribution in [0.2, 0.25) is 0 Å². The van der Waals surface area contributed by atoms with Crippen LogP contribution in [0.25, 0.3) is 0 Å². The highest BCUT2D eigenvalue weighted by molar-refractivity contribution is 5.97. The molecule has 1 N–H and O–H groups in total. The maximum absolute atomic E-state index is 13.8. The van der Waals surface area contributed by atoms with Gasteiger partial charge in [0, 0.05) is 47.8 Å². The summed E-state index contributed by atoms with van der Waals surface area (Å²) in [5.74, 6) is -2.41. The van der Waals surface area contributed by atoms with Crippen molar-refractivity contribution < 1.29 is 46.6 Å². The maximum atomic E-state index is 13.8. The minimum absolute atomic E-state index is 0.144. The summed E-state index contributed by atoms with van der Waals surface area (Å²) in [6.45, 7) is 3.40. The van der Waals surface area contributed by atoms with E-state index in [1.807, 2.05) is 97.1 Å². The topological polar surface area (TPSA) is 118 Å². The largest absolute Gasteiger partial charge is 0.542 e. The quantitative estimate of drug-likeness (QED) is 0.132. The number of hydrogen-bond donors (Lipinski definition) is 1. The molecule has 9 nitrogen and oxygen atoms in total. The number of rotatable bonds is 11. The molecule has 3 aliphatic rings. The van der Waals surface area contributed by atoms with Gasteiger partial charge in [-0.2, -0.15) is 13.2 Å². The molecular formula is C37H36F3N3O6. The molecule has 7 rings (SSSR count). The molecule has 3 aromatic carbocycles. The summed E-state index contributed by atoms with van der Waals surface area (Å²) >= 11 is 0. The number of hydrogen-bond acceptors (Lipinski definition) is 8. The van der Waals surface area contributed by atoms with E-state index in [2.05, 4.69) is 10.3 Å². The molecule has 256 valence electrons. The number of nitrogens with zero attached hydrogens (tertiary/aromatic N) is 2. The van der Waals surface area contributed by atoms with Crippen molar-refractivity contribution in [1.82, 2.24) is 4.98 Å². The van der Waals surface area contributed by atoms with Gasteiger partial charge in [0.15, 0.2) is 12.1 Å². The van der Waals surface area contributed by atoms with Gasteiger partial charge in [0.05, 0.1) is 13.1 Å². The Labute approximate surface area is 281 Å². The van der Waals surface area contributed by atoms with Gasteiger partial charge in [-0.15, -0.1) is 0 Å². The first-order valence-electron chi connectivity index (χ1n) is 15.9. The second-order valence-corrected chi connectivity index (χ2v) is 12.2. The molecule has 1 aromatic heterocycles. The highest BCUT2D eigenvalue weighted by Crippen LogP contribution is 2.37. The van der Waals surface area contributed by atoms with Gasteiger partial charge < -0.3 is 29.2 Å². The number of fused-ring (bicyclic) bond motifs is 3. The van der Waals surface area contributed by atoms with E-state index in [1.165, 1.54) is 0 Å². The highest BCUT2D eigenvalue weighted by Gasteiger charge is 2.49. The Hall–Kier alpha value is -5.23. The molecule has 3 saturated heterocycles. The molecule has 2 bridgehead atoms. The standard InChI is InChI=1S/C35H36N3O4.C2HF3O2/c39-31(27-12-6-2-7-13-27)23-38-20-18-28(19-21-38)32(24-38)42-35(40)34(37-30-14-8-3-9-15-30)29-16-17-33(36-22-29)41-25-26-10-4-1-5-11-26;3-2(4,5)1(6)7/h1-17,22,28,32,34,37H,18-21,23-25H2;(H,6,7)/q+1;/p-1/t28?,32-,34+,38?;/m0./s1. The predicted molar refractivity (Wildman–Crippen MR) is 172 cm³/mol. The zero-order valence-corrected chi connectivity index (χ0v) is 26.6. The van der Waals surface area contributed by atoms with E-state index in [9.17, 15) is 22.8 Å². The number of nitrogens with one attached hydrogen (secondary N) is 1. The zero-order valence-electron chi connectivity index (χ0n) is 26.6. The molecule has 0 spiro atoms. The molecule has 0 saturated carbocycles. The number of carbonyl (C=O) groups excluding carboxylic acids is 3. The first kappa shape index (κ1) is 35.1. The molecule has 0 unspecified atom stereocenters. The van der Waals surface area contributed by atoms with Crippen LogP contribution in [-0.2, 0) is 20.9 Å². The molecule has 0 amide bonds. The van der Waals surface area contributed by atoms with Gasteiger partial charge >= 0.3 is 12.1 Å². The van der Waals surface area contributed by atoms with Gasteiger partial charge in [-0.3, -0.25) is 4.79 Å². The van der Waals surface area contributed by atoms with Crippen molar-refractivity contribution in [3.63, 3.8) is 0 Å². The number of anilines is 1. The third-order valence-electron chi connectivity index (χ3n) is 8.76. The highest BCUT2D eigenvalue weighted by atomic mass is 19.4. The van der Waals surface area contributed by atoms with Crippen LogP contribution >= 0.6 is 0 Å². The van der Waals surface area contributed by atoms with E-state index in [0.717, 1.165) is 42.7 Å². The molecule has 4 aromatic rings. The van der Waals surface area contributed by atoms with Gasteiger partial charge in [0.25, 0.3) is 0 Å². The number of quaternary nitrogens is 1. The molecule has 0 aliphatic carbocycles. The number of halogens is 3. The van der Waals surface area contributed by atoms with Gasteiger partial charge in [-0.25, -0.2) is 9.78 Å². The number of carboxylic acids is 1. The number of carboxylic acid groups (broad SMARTS) is 1. The van der Waals surface area contributed by atoms with Gasteiger partial charge in [0.1, 0.15) is 25.7 Å². The number of ketones is 1. The Kier molecular flexibility index (Phi) is 11.3. The molecule has 0 radical (unpaired) electrons. The van der Waals surface area contributed by atoms with E-state index >= 15 is 0 Å². The first-order valence-corrected chi connectivity index (χ1v) is 15.9. The number of aliphatic carboxylic acids is 1. The number of para-hydroxylation sites is 1. The Morgan fingerprint density at radius 1 is 0.878 bits per heavy atom. The average molecular weight is 676 g/mol. The van der Waals surface area contributed by atoms with Crippen LogP contribution in [0.5, 0.6) is 5.88 Å². The van der Waals surface area contributed by atoms with E-state index in [1.54, 1.807) is 12.3 Å². The number of ether oxygens (including phenoxy) is 2. The van der Waals surface area contributed by atoms with Crippen LogP contribution in [0.3, 0.4) is 0 Å². The number of alkyl halides is 3. The third kappa shape index (κ3) is 9.66. The van der Waals surface area contributed by atoms with Crippen molar-refractivity contribution >= 4 is 23.4 Å². The monoisotopic (exact) mass is 675 g/mol. The number of Topliss-reactive ketones (excluding diaryl/α,β-unsaturated/α-hetero) is 1. The van der Waals surface area contributed by atoms with Gasteiger partial charge in [-0.1, -0.05) is 78.9 Å². The lowest BCUT2D eigenvalue weighted by atomic mass is 9.82. The first-order chi connectivity index (χ1) is 23.5. The van der Waals surface area contributed by atoms with E-state index in [0.29, 0.717) is 41.5 Å². The Bertz CT molecular complexity index is 1680. The summed E-state index contributed by atoms with van der Waals surface area (Å²) < 4.78 is 44.4. The van der Waals surface area contributed by atoms with Crippen LogP contribution in [-0.4, -0.2) is 65.6 Å². The molecule has 12 heteroatoms. The van der Waals surface area contributed by atoms with Gasteiger partial charge in [0.2, 0.25) is 11.7 Å². The van der Waals surface area contributed by atoms with Crippen molar-refractivity contribution in [2.75, 3.05) is 31.5 Å². The SMILES string of the molecule is O=C(C[N+]12CCC(CC1)[C@@H](OC(=O)[C@H](Nc1ccccc1)c1ccc(OCc3ccccc3)nc1)C2)c1ccccc1.O=C([O-])C(F)(F)F. The van der Waals surface area contributed by atoms with Crippen LogP contribution in [0, 0.1) is 5.92 Å². The summed E-state index contributed by atoms with van der Waals surface area (Å²) in [5, 5.41) is 12.1. The predicted octanol–water partition coefficient (Wildman–Crippen LogP) is 5.15. The molecular weight excluding hydrogens is 639 g/mol. The molecule has 2 atom stereocenters. The number of carbonyl (C=O) groups is 3. The molecule has 49 heavy (non-hydrogen) atoms. The zero-order chi connectivity index (χ0) is 34.9. The Morgan fingerprint density at radius 2 is 1.47 bits per heavy atom. The number of aromatic nitrogens is 1. The number of pyridine rings is 1. The summed E-state index contributed by atoms with van der Waals surface area (Å²) in [7, 11) is 0. The maximum Gasteiger partial charge on any atom is 0.430 e. The Balaban J connectivity index is 0.000000606. The summed E-state index contributed by atoms with van der Waals surface area (Å²) in [4.78, 5) is 40.2. The molecule has 4 heterocycles. The summed E-state index contributed by atoms with van der Waals surface area (Å²) in [5.41, 5.74) is 3.30. The van der Waals surface area contributed by atoms with Crippen molar-refractivity contribution in [2.24, 2.45) is 5.92 Å². The number of piperidine rings is 3. The fourth-order valence-corrected chi connectivity index (χ4v) is 6.17. The van der Waals surface area contributed by atoms with Crippen molar-refractivity contribution in [2.45, 2.75) is 37.8 Å². The van der Waals surface area contributed by atoms with E-state index < -0.39 is 18.2 Å². The normalized spacial score (nSPS) is 20.2. The van der Waals surface area contributed by atoms with Crippen LogP contribution < -0.4 is 15.2 Å². The summed E-state index contributed by atoms with van der Waals surface area (Å²) in [6.07, 6.45) is -1.85. The fourth-order valence-electron chi connectivity index (χ4n) is 6.17. The molecule has 3 fully saturated rings. The second kappa shape index (κ2) is 15.8. The second-order valence-electron chi connectivity index (χ2n) is 12.2. The minimum atomic E-state index is -5.19. The number of esters is 1. The molecule has 3 aliphatic heterocycles.